The summed E-state index contributed by atoms with van der Waals surface area (Å²) in [6.45, 7) is 1.29. The SMILES string of the molecule is COCCCCCNC(=O)NC1(C(=O)O)CCCC1. The molecule has 0 heterocycles. The Balaban J connectivity index is 2.21. The van der Waals surface area contributed by atoms with E-state index in [4.69, 9.17) is 4.74 Å². The lowest BCUT2D eigenvalue weighted by atomic mass is 9.98. The van der Waals surface area contributed by atoms with Crippen molar-refractivity contribution in [3.8, 4) is 0 Å². The number of hydrogen-bond acceptors (Lipinski definition) is 3. The zero-order chi connectivity index (χ0) is 14.1. The summed E-state index contributed by atoms with van der Waals surface area (Å²) in [5, 5.41) is 14.6. The maximum Gasteiger partial charge on any atom is 0.329 e. The summed E-state index contributed by atoms with van der Waals surface area (Å²) >= 11 is 0. The van der Waals surface area contributed by atoms with Gasteiger partial charge in [0.15, 0.2) is 0 Å². The van der Waals surface area contributed by atoms with Crippen LogP contribution in [0.5, 0.6) is 0 Å². The fourth-order valence-electron chi connectivity index (χ4n) is 2.38. The maximum absolute atomic E-state index is 11.7. The molecule has 0 saturated heterocycles. The molecule has 0 atom stereocenters. The number of carboxylic acid groups (broad SMARTS) is 1. The predicted molar refractivity (Wildman–Crippen MR) is 71.1 cm³/mol. The normalized spacial score (nSPS) is 17.1. The molecule has 0 spiro atoms. The van der Waals surface area contributed by atoms with Gasteiger partial charge in [-0.2, -0.15) is 0 Å². The first-order valence-corrected chi connectivity index (χ1v) is 6.89. The number of urea groups is 1. The zero-order valence-corrected chi connectivity index (χ0v) is 11.5. The number of amides is 2. The summed E-state index contributed by atoms with van der Waals surface area (Å²) in [5.41, 5.74) is -1.06. The van der Waals surface area contributed by atoms with Crippen molar-refractivity contribution in [1.29, 1.82) is 0 Å². The smallest absolute Gasteiger partial charge is 0.329 e. The molecule has 0 aliphatic heterocycles. The molecule has 0 unspecified atom stereocenters. The van der Waals surface area contributed by atoms with Gasteiger partial charge in [0.1, 0.15) is 5.54 Å². The first kappa shape index (κ1) is 15.8. The van der Waals surface area contributed by atoms with Gasteiger partial charge in [-0.15, -0.1) is 0 Å². The quantitative estimate of drug-likeness (QED) is 0.584. The number of nitrogens with one attached hydrogen (secondary N) is 2. The highest BCUT2D eigenvalue weighted by Gasteiger charge is 2.42. The van der Waals surface area contributed by atoms with Crippen LogP contribution in [0.3, 0.4) is 0 Å². The second kappa shape index (κ2) is 7.99. The van der Waals surface area contributed by atoms with Crippen LogP contribution in [0.4, 0.5) is 4.79 Å². The second-order valence-electron chi connectivity index (χ2n) is 5.03. The topological polar surface area (TPSA) is 87.7 Å². The van der Waals surface area contributed by atoms with Crippen molar-refractivity contribution in [3.63, 3.8) is 0 Å². The van der Waals surface area contributed by atoms with Gasteiger partial charge in [-0.3, -0.25) is 0 Å². The number of hydrogen-bond donors (Lipinski definition) is 3. The van der Waals surface area contributed by atoms with Gasteiger partial charge in [0.2, 0.25) is 0 Å². The van der Waals surface area contributed by atoms with Gasteiger partial charge >= 0.3 is 12.0 Å². The van der Waals surface area contributed by atoms with Crippen molar-refractivity contribution in [2.45, 2.75) is 50.5 Å². The van der Waals surface area contributed by atoms with Crippen LogP contribution in [-0.4, -0.2) is 42.9 Å². The largest absolute Gasteiger partial charge is 0.480 e. The molecule has 0 aromatic carbocycles. The monoisotopic (exact) mass is 272 g/mol. The molecule has 1 aliphatic carbocycles. The highest BCUT2D eigenvalue weighted by atomic mass is 16.5. The second-order valence-corrected chi connectivity index (χ2v) is 5.03. The third-order valence-electron chi connectivity index (χ3n) is 3.53. The molecule has 0 bridgehead atoms. The minimum Gasteiger partial charge on any atom is -0.480 e. The van der Waals surface area contributed by atoms with Crippen molar-refractivity contribution in [2.75, 3.05) is 20.3 Å². The van der Waals surface area contributed by atoms with Crippen molar-refractivity contribution in [3.05, 3.63) is 0 Å². The number of carboxylic acids is 1. The third kappa shape index (κ3) is 5.06. The fourth-order valence-corrected chi connectivity index (χ4v) is 2.38. The lowest BCUT2D eigenvalue weighted by molar-refractivity contribution is -0.144. The number of ether oxygens (including phenoxy) is 1. The average molecular weight is 272 g/mol. The number of carbonyl (C=O) groups excluding carboxylic acids is 1. The summed E-state index contributed by atoms with van der Waals surface area (Å²) in [6.07, 6.45) is 5.56. The molecule has 6 nitrogen and oxygen atoms in total. The molecule has 0 radical (unpaired) electrons. The van der Waals surface area contributed by atoms with Crippen molar-refractivity contribution in [1.82, 2.24) is 10.6 Å². The van der Waals surface area contributed by atoms with E-state index in [1.54, 1.807) is 7.11 Å². The van der Waals surface area contributed by atoms with Gasteiger partial charge in [-0.1, -0.05) is 12.8 Å². The van der Waals surface area contributed by atoms with Crippen molar-refractivity contribution in [2.24, 2.45) is 0 Å². The summed E-state index contributed by atoms with van der Waals surface area (Å²) in [4.78, 5) is 22.9. The first-order chi connectivity index (χ1) is 9.10. The number of aliphatic carboxylic acids is 1. The molecule has 3 N–H and O–H groups in total. The summed E-state index contributed by atoms with van der Waals surface area (Å²) in [6, 6.07) is -0.379. The molecule has 1 aliphatic rings. The number of methoxy groups -OCH3 is 1. The van der Waals surface area contributed by atoms with Crippen molar-refractivity contribution >= 4 is 12.0 Å². The highest BCUT2D eigenvalue weighted by molar-refractivity contribution is 5.86. The van der Waals surface area contributed by atoms with Gasteiger partial charge < -0.3 is 20.5 Å². The van der Waals surface area contributed by atoms with E-state index in [0.717, 1.165) is 38.7 Å². The van der Waals surface area contributed by atoms with Crippen LogP contribution in [0.15, 0.2) is 0 Å². The van der Waals surface area contributed by atoms with E-state index in [-0.39, 0.29) is 6.03 Å². The van der Waals surface area contributed by atoms with Crippen LogP contribution in [0, 0.1) is 0 Å². The van der Waals surface area contributed by atoms with Crippen LogP contribution in [0.25, 0.3) is 0 Å². The van der Waals surface area contributed by atoms with E-state index in [9.17, 15) is 14.7 Å². The molecule has 0 aromatic heterocycles. The standard InChI is InChI=1S/C13H24N2O4/c1-19-10-6-2-5-9-14-12(18)15-13(11(16)17)7-3-4-8-13/h2-10H2,1H3,(H,16,17)(H2,14,15,18). The van der Waals surface area contributed by atoms with E-state index in [1.165, 1.54) is 0 Å². The molecule has 110 valence electrons. The van der Waals surface area contributed by atoms with Crippen LogP contribution >= 0.6 is 0 Å². The first-order valence-electron chi connectivity index (χ1n) is 6.89. The summed E-state index contributed by atoms with van der Waals surface area (Å²) in [7, 11) is 1.67. The van der Waals surface area contributed by atoms with Crippen molar-refractivity contribution < 1.29 is 19.4 Å². The Morgan fingerprint density at radius 3 is 2.47 bits per heavy atom. The Bertz CT molecular complexity index is 301. The predicted octanol–water partition coefficient (Wildman–Crippen LogP) is 1.50. The van der Waals surface area contributed by atoms with E-state index < -0.39 is 11.5 Å². The van der Waals surface area contributed by atoms with Crippen LogP contribution in [0.1, 0.15) is 44.9 Å². The Kier molecular flexibility index (Phi) is 6.62. The summed E-state index contributed by atoms with van der Waals surface area (Å²) in [5.74, 6) is -0.930. The third-order valence-corrected chi connectivity index (χ3v) is 3.53. The molecule has 1 rings (SSSR count). The lowest BCUT2D eigenvalue weighted by Crippen LogP contribution is -2.55. The Hall–Kier alpha value is -1.30. The lowest BCUT2D eigenvalue weighted by Gasteiger charge is -2.25. The van der Waals surface area contributed by atoms with Crippen LogP contribution < -0.4 is 10.6 Å². The Labute approximate surface area is 113 Å². The summed E-state index contributed by atoms with van der Waals surface area (Å²) < 4.78 is 4.93. The van der Waals surface area contributed by atoms with Gasteiger partial charge in [-0.05, 0) is 32.1 Å². The molecule has 6 heteroatoms. The molecular formula is C13H24N2O4. The fraction of sp³-hybridized carbons (Fsp3) is 0.846. The Morgan fingerprint density at radius 2 is 1.89 bits per heavy atom. The van der Waals surface area contributed by atoms with Crippen LogP contribution in [-0.2, 0) is 9.53 Å². The van der Waals surface area contributed by atoms with E-state index in [0.29, 0.717) is 19.4 Å². The average Bonchev–Trinajstić information content (AvgIpc) is 2.83. The zero-order valence-electron chi connectivity index (χ0n) is 11.5. The number of rotatable bonds is 8. The van der Waals surface area contributed by atoms with Gasteiger partial charge in [0.25, 0.3) is 0 Å². The minimum absolute atomic E-state index is 0.379. The molecule has 1 saturated carbocycles. The number of carbonyl (C=O) groups is 2. The van der Waals surface area contributed by atoms with E-state index >= 15 is 0 Å². The van der Waals surface area contributed by atoms with E-state index in [1.807, 2.05) is 0 Å². The molecular weight excluding hydrogens is 248 g/mol. The van der Waals surface area contributed by atoms with Gasteiger partial charge in [0.05, 0.1) is 0 Å². The highest BCUT2D eigenvalue weighted by Crippen LogP contribution is 2.29. The Morgan fingerprint density at radius 1 is 1.21 bits per heavy atom. The molecule has 2 amide bonds. The molecule has 1 fully saturated rings. The minimum atomic E-state index is -1.06. The van der Waals surface area contributed by atoms with Gasteiger partial charge in [-0.25, -0.2) is 9.59 Å². The molecule has 19 heavy (non-hydrogen) atoms. The number of unbranched alkanes of at least 4 members (excludes halogenated alkanes) is 2. The van der Waals surface area contributed by atoms with E-state index in [2.05, 4.69) is 10.6 Å². The van der Waals surface area contributed by atoms with Crippen LogP contribution in [0.2, 0.25) is 0 Å². The maximum atomic E-state index is 11.7. The molecule has 0 aromatic rings. The van der Waals surface area contributed by atoms with Gasteiger partial charge in [0, 0.05) is 20.3 Å².